The number of amides is 1. The molecule has 0 aliphatic heterocycles. The van der Waals surface area contributed by atoms with Crippen molar-refractivity contribution in [3.05, 3.63) is 16.3 Å². The van der Waals surface area contributed by atoms with Crippen LogP contribution in [0.15, 0.2) is 10.8 Å². The zero-order valence-electron chi connectivity index (χ0n) is 7.89. The van der Waals surface area contributed by atoms with Crippen LogP contribution in [0.4, 0.5) is 5.69 Å². The van der Waals surface area contributed by atoms with Crippen LogP contribution in [0.1, 0.15) is 12.0 Å². The second-order valence-corrected chi connectivity index (χ2v) is 3.56. The molecular formula is C9H14N2OS. The van der Waals surface area contributed by atoms with Crippen molar-refractivity contribution in [3.8, 4) is 0 Å². The number of rotatable bonds is 4. The van der Waals surface area contributed by atoms with E-state index in [1.807, 2.05) is 0 Å². The van der Waals surface area contributed by atoms with Crippen molar-refractivity contribution in [2.45, 2.75) is 13.3 Å². The lowest BCUT2D eigenvalue weighted by Gasteiger charge is -2.04. The lowest BCUT2D eigenvalue weighted by Crippen LogP contribution is -2.20. The Kier molecular flexibility index (Phi) is 3.76. The first-order valence-corrected chi connectivity index (χ1v) is 5.15. The first kappa shape index (κ1) is 10.1. The molecule has 1 aromatic rings. The summed E-state index contributed by atoms with van der Waals surface area (Å²) in [6.45, 7) is 2.75. The maximum Gasteiger partial charge on any atom is 0.221 e. The molecule has 0 radical (unpaired) electrons. The predicted octanol–water partition coefficient (Wildman–Crippen LogP) is 1.60. The first-order valence-electron chi connectivity index (χ1n) is 4.21. The van der Waals surface area contributed by atoms with Crippen molar-refractivity contribution in [2.24, 2.45) is 0 Å². The smallest absolute Gasteiger partial charge is 0.221 e. The van der Waals surface area contributed by atoms with Crippen LogP contribution in [0, 0.1) is 6.92 Å². The second kappa shape index (κ2) is 4.87. The summed E-state index contributed by atoms with van der Waals surface area (Å²) in [7, 11) is 1.65. The van der Waals surface area contributed by atoms with E-state index in [0.29, 0.717) is 13.0 Å². The number of nitrogens with one attached hydrogen (secondary N) is 2. The highest BCUT2D eigenvalue weighted by Crippen LogP contribution is 2.18. The number of hydrogen-bond donors (Lipinski definition) is 2. The summed E-state index contributed by atoms with van der Waals surface area (Å²) in [6, 6.07) is 0. The van der Waals surface area contributed by atoms with Crippen molar-refractivity contribution in [1.82, 2.24) is 5.32 Å². The maximum absolute atomic E-state index is 10.9. The normalized spacial score (nSPS) is 9.69. The summed E-state index contributed by atoms with van der Waals surface area (Å²) >= 11 is 1.67. The molecule has 0 saturated heterocycles. The first-order chi connectivity index (χ1) is 6.24. The van der Waals surface area contributed by atoms with E-state index >= 15 is 0 Å². The SMILES string of the molecule is CNC(=O)CCNc1cscc1C. The van der Waals surface area contributed by atoms with Gasteiger partial charge in [0.1, 0.15) is 0 Å². The summed E-state index contributed by atoms with van der Waals surface area (Å²) in [5.74, 6) is 0.0698. The third kappa shape index (κ3) is 3.06. The number of aryl methyl sites for hydroxylation is 1. The van der Waals surface area contributed by atoms with Crippen LogP contribution in [0.25, 0.3) is 0 Å². The van der Waals surface area contributed by atoms with Crippen LogP contribution in [0.5, 0.6) is 0 Å². The van der Waals surface area contributed by atoms with Crippen LogP contribution in [-0.2, 0) is 4.79 Å². The van der Waals surface area contributed by atoms with Crippen molar-refractivity contribution in [1.29, 1.82) is 0 Å². The Morgan fingerprint density at radius 3 is 2.85 bits per heavy atom. The van der Waals surface area contributed by atoms with E-state index in [1.54, 1.807) is 18.4 Å². The largest absolute Gasteiger partial charge is 0.384 e. The second-order valence-electron chi connectivity index (χ2n) is 2.82. The van der Waals surface area contributed by atoms with Crippen molar-refractivity contribution >= 4 is 22.9 Å². The summed E-state index contributed by atoms with van der Waals surface area (Å²) in [5, 5.41) is 9.93. The molecule has 1 aromatic heterocycles. The Hall–Kier alpha value is -1.03. The number of hydrogen-bond acceptors (Lipinski definition) is 3. The van der Waals surface area contributed by atoms with Crippen molar-refractivity contribution < 1.29 is 4.79 Å². The Labute approximate surface area is 82.2 Å². The number of carbonyl (C=O) groups is 1. The molecule has 0 unspecified atom stereocenters. The third-order valence-electron chi connectivity index (χ3n) is 1.80. The Balaban J connectivity index is 2.28. The van der Waals surface area contributed by atoms with Gasteiger partial charge in [-0.05, 0) is 17.9 Å². The zero-order chi connectivity index (χ0) is 9.68. The maximum atomic E-state index is 10.9. The summed E-state index contributed by atoms with van der Waals surface area (Å²) in [5.41, 5.74) is 2.37. The average Bonchev–Trinajstić information content (AvgIpc) is 2.52. The molecule has 4 heteroatoms. The standard InChI is InChI=1S/C9H14N2OS/c1-7-5-13-6-8(7)11-4-3-9(12)10-2/h5-6,11H,3-4H2,1-2H3,(H,10,12). The van der Waals surface area contributed by atoms with Gasteiger partial charge in [-0.1, -0.05) is 0 Å². The van der Waals surface area contributed by atoms with Crippen LogP contribution >= 0.6 is 11.3 Å². The molecule has 0 atom stereocenters. The fraction of sp³-hybridized carbons (Fsp3) is 0.444. The van der Waals surface area contributed by atoms with Gasteiger partial charge in [-0.25, -0.2) is 0 Å². The van der Waals surface area contributed by atoms with Crippen molar-refractivity contribution in [2.75, 3.05) is 18.9 Å². The molecule has 3 nitrogen and oxygen atoms in total. The number of anilines is 1. The topological polar surface area (TPSA) is 41.1 Å². The van der Waals surface area contributed by atoms with Gasteiger partial charge in [0.15, 0.2) is 0 Å². The molecule has 2 N–H and O–H groups in total. The monoisotopic (exact) mass is 198 g/mol. The number of carbonyl (C=O) groups excluding carboxylic acids is 1. The quantitative estimate of drug-likeness (QED) is 0.771. The van der Waals surface area contributed by atoms with E-state index in [-0.39, 0.29) is 5.91 Å². The van der Waals surface area contributed by atoms with E-state index in [0.717, 1.165) is 5.69 Å². The molecule has 0 spiro atoms. The summed E-state index contributed by atoms with van der Waals surface area (Å²) in [4.78, 5) is 10.9. The fourth-order valence-corrected chi connectivity index (χ4v) is 1.78. The minimum atomic E-state index is 0.0698. The summed E-state index contributed by atoms with van der Waals surface area (Å²) in [6.07, 6.45) is 0.520. The number of thiophene rings is 1. The highest BCUT2D eigenvalue weighted by atomic mass is 32.1. The van der Waals surface area contributed by atoms with E-state index < -0.39 is 0 Å². The van der Waals surface area contributed by atoms with Gasteiger partial charge in [-0.3, -0.25) is 4.79 Å². The van der Waals surface area contributed by atoms with Crippen LogP contribution in [0.3, 0.4) is 0 Å². The van der Waals surface area contributed by atoms with E-state index in [1.165, 1.54) is 5.56 Å². The Bertz CT molecular complexity index is 283. The Morgan fingerprint density at radius 1 is 1.54 bits per heavy atom. The van der Waals surface area contributed by atoms with Crippen LogP contribution in [-0.4, -0.2) is 19.5 Å². The van der Waals surface area contributed by atoms with E-state index in [9.17, 15) is 4.79 Å². The van der Waals surface area contributed by atoms with Gasteiger partial charge in [-0.2, -0.15) is 0 Å². The third-order valence-corrected chi connectivity index (χ3v) is 2.66. The molecule has 1 amide bonds. The zero-order valence-corrected chi connectivity index (χ0v) is 8.70. The average molecular weight is 198 g/mol. The van der Waals surface area contributed by atoms with E-state index in [4.69, 9.17) is 0 Å². The summed E-state index contributed by atoms with van der Waals surface area (Å²) < 4.78 is 0. The molecule has 0 aliphatic carbocycles. The van der Waals surface area contributed by atoms with Gasteiger partial charge in [0.05, 0.1) is 0 Å². The molecular weight excluding hydrogens is 184 g/mol. The van der Waals surface area contributed by atoms with Gasteiger partial charge in [0, 0.05) is 31.1 Å². The van der Waals surface area contributed by atoms with Gasteiger partial charge >= 0.3 is 0 Å². The molecule has 1 rings (SSSR count). The minimum absolute atomic E-state index is 0.0698. The van der Waals surface area contributed by atoms with Gasteiger partial charge in [-0.15, -0.1) is 11.3 Å². The molecule has 0 fully saturated rings. The lowest BCUT2D eigenvalue weighted by molar-refractivity contribution is -0.120. The van der Waals surface area contributed by atoms with E-state index in [2.05, 4.69) is 28.3 Å². The molecule has 0 aliphatic rings. The minimum Gasteiger partial charge on any atom is -0.384 e. The molecule has 0 saturated carbocycles. The molecule has 1 heterocycles. The predicted molar refractivity (Wildman–Crippen MR) is 56.2 cm³/mol. The molecule has 0 aromatic carbocycles. The lowest BCUT2D eigenvalue weighted by atomic mass is 10.3. The highest BCUT2D eigenvalue weighted by Gasteiger charge is 1.99. The van der Waals surface area contributed by atoms with Crippen LogP contribution in [0.2, 0.25) is 0 Å². The van der Waals surface area contributed by atoms with Crippen LogP contribution < -0.4 is 10.6 Å². The fourth-order valence-electron chi connectivity index (χ4n) is 0.977. The van der Waals surface area contributed by atoms with Gasteiger partial charge in [0.2, 0.25) is 5.91 Å². The van der Waals surface area contributed by atoms with Gasteiger partial charge in [0.25, 0.3) is 0 Å². The molecule has 0 bridgehead atoms. The molecule has 72 valence electrons. The Morgan fingerprint density at radius 2 is 2.31 bits per heavy atom. The highest BCUT2D eigenvalue weighted by molar-refractivity contribution is 7.08. The van der Waals surface area contributed by atoms with Gasteiger partial charge < -0.3 is 10.6 Å². The van der Waals surface area contributed by atoms with Crippen molar-refractivity contribution in [3.63, 3.8) is 0 Å². The molecule has 13 heavy (non-hydrogen) atoms.